The molecule has 9 nitrogen and oxygen atoms in total. The lowest BCUT2D eigenvalue weighted by Gasteiger charge is -2.33. The molecule has 0 bridgehead atoms. The molecule has 5 heterocycles. The third-order valence-corrected chi connectivity index (χ3v) is 6.93. The van der Waals surface area contributed by atoms with E-state index in [9.17, 15) is 9.90 Å². The van der Waals surface area contributed by atoms with Crippen LogP contribution in [-0.2, 0) is 9.53 Å². The van der Waals surface area contributed by atoms with Gasteiger partial charge in [0.25, 0.3) is 0 Å². The van der Waals surface area contributed by atoms with Gasteiger partial charge in [0.15, 0.2) is 5.65 Å². The molecule has 4 aromatic rings. The molecule has 0 unspecified atom stereocenters. The van der Waals surface area contributed by atoms with Crippen LogP contribution in [0.1, 0.15) is 32.1 Å². The molecule has 0 aliphatic carbocycles. The van der Waals surface area contributed by atoms with Gasteiger partial charge in [0.05, 0.1) is 47.8 Å². The predicted molar refractivity (Wildman–Crippen MR) is 129 cm³/mol. The molecule has 2 fully saturated rings. The molecule has 6 rings (SSSR count). The number of nitrogens with one attached hydrogen (secondary N) is 1. The quantitative estimate of drug-likeness (QED) is 0.488. The first-order valence-corrected chi connectivity index (χ1v) is 11.8. The standard InChI is InChI=1S/C25H28N6O3/c1-15-13-29(9-10-34-15)18-5-3-17(4-6-18)23-22-12-27-24-20(7-8-26-24)31(22)25(28-23)21-11-19(33)14-30(21)16(2)32/h3-8,12,15,19,21,26,33H,9-11,13-14H2,1-2H3/t15-,19-,21-/m1/s1. The monoisotopic (exact) mass is 460 g/mol. The van der Waals surface area contributed by atoms with E-state index in [0.29, 0.717) is 13.0 Å². The van der Waals surface area contributed by atoms with Crippen LogP contribution in [0, 0.1) is 0 Å². The highest BCUT2D eigenvalue weighted by Gasteiger charge is 2.37. The molecular formula is C25H28N6O3. The fourth-order valence-electron chi connectivity index (χ4n) is 5.31. The Morgan fingerprint density at radius 3 is 2.76 bits per heavy atom. The number of aromatic nitrogens is 4. The summed E-state index contributed by atoms with van der Waals surface area (Å²) in [5, 5.41) is 10.4. The zero-order chi connectivity index (χ0) is 23.4. The van der Waals surface area contributed by atoms with Gasteiger partial charge in [-0.3, -0.25) is 9.20 Å². The summed E-state index contributed by atoms with van der Waals surface area (Å²) in [7, 11) is 0. The average Bonchev–Trinajstić information content (AvgIpc) is 3.55. The molecule has 34 heavy (non-hydrogen) atoms. The third kappa shape index (κ3) is 3.43. The largest absolute Gasteiger partial charge is 0.391 e. The maximum atomic E-state index is 12.4. The summed E-state index contributed by atoms with van der Waals surface area (Å²) in [6.07, 6.45) is 3.79. The van der Waals surface area contributed by atoms with E-state index in [0.717, 1.165) is 59.1 Å². The van der Waals surface area contributed by atoms with E-state index >= 15 is 0 Å². The van der Waals surface area contributed by atoms with Crippen LogP contribution in [0.3, 0.4) is 0 Å². The van der Waals surface area contributed by atoms with E-state index in [4.69, 9.17) is 9.72 Å². The number of aliphatic hydroxyl groups is 1. The predicted octanol–water partition coefficient (Wildman–Crippen LogP) is 2.76. The van der Waals surface area contributed by atoms with Crippen LogP contribution in [-0.4, -0.2) is 73.7 Å². The van der Waals surface area contributed by atoms with Crippen molar-refractivity contribution in [3.8, 4) is 11.3 Å². The molecular weight excluding hydrogens is 432 g/mol. The number of hydrogen-bond acceptors (Lipinski definition) is 6. The average molecular weight is 461 g/mol. The minimum absolute atomic E-state index is 0.0664. The van der Waals surface area contributed by atoms with Gasteiger partial charge >= 0.3 is 0 Å². The molecule has 1 aromatic carbocycles. The molecule has 3 aromatic heterocycles. The first kappa shape index (κ1) is 21.1. The molecule has 0 radical (unpaired) electrons. The number of likely N-dealkylation sites (tertiary alicyclic amines) is 1. The number of anilines is 1. The van der Waals surface area contributed by atoms with Crippen molar-refractivity contribution in [2.45, 2.75) is 38.5 Å². The highest BCUT2D eigenvalue weighted by Crippen LogP contribution is 2.37. The van der Waals surface area contributed by atoms with Gasteiger partial charge in [-0.1, -0.05) is 12.1 Å². The number of carbonyl (C=O) groups excluding carboxylic acids is 1. The number of hydrogen-bond donors (Lipinski definition) is 2. The minimum atomic E-state index is -0.566. The number of imidazole rings is 1. The van der Waals surface area contributed by atoms with E-state index in [1.807, 2.05) is 18.5 Å². The number of benzene rings is 1. The van der Waals surface area contributed by atoms with Gasteiger partial charge in [0, 0.05) is 50.4 Å². The number of rotatable bonds is 3. The van der Waals surface area contributed by atoms with Crippen molar-refractivity contribution in [3.05, 3.63) is 48.5 Å². The Labute approximate surface area is 197 Å². The zero-order valence-electron chi connectivity index (χ0n) is 19.3. The van der Waals surface area contributed by atoms with Gasteiger partial charge in [0.1, 0.15) is 5.82 Å². The third-order valence-electron chi connectivity index (χ3n) is 6.93. The number of aromatic amines is 1. The van der Waals surface area contributed by atoms with Gasteiger partial charge in [-0.05, 0) is 25.1 Å². The number of H-pyrrole nitrogens is 1. The highest BCUT2D eigenvalue weighted by molar-refractivity contribution is 5.85. The molecule has 0 saturated carbocycles. The maximum Gasteiger partial charge on any atom is 0.220 e. The number of morpholine rings is 1. The van der Waals surface area contributed by atoms with Gasteiger partial charge in [0.2, 0.25) is 5.91 Å². The fourth-order valence-corrected chi connectivity index (χ4v) is 5.31. The molecule has 176 valence electrons. The molecule has 3 atom stereocenters. The molecule has 2 aliphatic heterocycles. The van der Waals surface area contributed by atoms with Crippen molar-refractivity contribution >= 4 is 28.3 Å². The van der Waals surface area contributed by atoms with E-state index in [1.165, 1.54) is 0 Å². The van der Waals surface area contributed by atoms with Crippen LogP contribution >= 0.6 is 0 Å². The summed E-state index contributed by atoms with van der Waals surface area (Å²) in [6.45, 7) is 6.44. The number of amides is 1. The first-order chi connectivity index (χ1) is 16.5. The summed E-state index contributed by atoms with van der Waals surface area (Å²) >= 11 is 0. The van der Waals surface area contributed by atoms with Crippen molar-refractivity contribution in [2.75, 3.05) is 31.1 Å². The van der Waals surface area contributed by atoms with E-state index in [-0.39, 0.29) is 18.1 Å². The van der Waals surface area contributed by atoms with Crippen LogP contribution < -0.4 is 4.90 Å². The van der Waals surface area contributed by atoms with Crippen molar-refractivity contribution in [2.24, 2.45) is 0 Å². The number of β-amino-alcohol motifs (C(OH)–C–C–N with tert-alkyl or cyclic N) is 1. The normalized spacial score (nSPS) is 23.3. The lowest BCUT2D eigenvalue weighted by molar-refractivity contribution is -0.130. The molecule has 0 spiro atoms. The summed E-state index contributed by atoms with van der Waals surface area (Å²) in [5.74, 6) is 0.679. The zero-order valence-corrected chi connectivity index (χ0v) is 19.3. The van der Waals surface area contributed by atoms with Crippen LogP contribution in [0.15, 0.2) is 42.7 Å². The van der Waals surface area contributed by atoms with Gasteiger partial charge in [-0.15, -0.1) is 0 Å². The topological polar surface area (TPSA) is 99.0 Å². The van der Waals surface area contributed by atoms with Crippen molar-refractivity contribution in [1.29, 1.82) is 0 Å². The Kier molecular flexibility index (Phi) is 5.04. The molecule has 2 N–H and O–H groups in total. The summed E-state index contributed by atoms with van der Waals surface area (Å²) in [4.78, 5) is 29.2. The Bertz CT molecular complexity index is 1360. The summed E-state index contributed by atoms with van der Waals surface area (Å²) < 4.78 is 7.75. The smallest absolute Gasteiger partial charge is 0.220 e. The molecule has 1 amide bonds. The van der Waals surface area contributed by atoms with E-state index in [2.05, 4.69) is 50.5 Å². The van der Waals surface area contributed by atoms with Crippen LogP contribution in [0.2, 0.25) is 0 Å². The van der Waals surface area contributed by atoms with Crippen LogP contribution in [0.25, 0.3) is 27.9 Å². The summed E-state index contributed by atoms with van der Waals surface area (Å²) in [5.41, 5.74) is 5.49. The molecule has 2 saturated heterocycles. The van der Waals surface area contributed by atoms with E-state index < -0.39 is 6.10 Å². The van der Waals surface area contributed by atoms with Crippen molar-refractivity contribution in [1.82, 2.24) is 24.3 Å². The number of nitrogens with zero attached hydrogens (tertiary/aromatic N) is 5. The van der Waals surface area contributed by atoms with E-state index in [1.54, 1.807) is 11.8 Å². The number of ether oxygens (including phenoxy) is 1. The van der Waals surface area contributed by atoms with Crippen LogP contribution in [0.5, 0.6) is 0 Å². The number of aliphatic hydroxyl groups excluding tert-OH is 1. The lowest BCUT2D eigenvalue weighted by atomic mass is 10.1. The lowest BCUT2D eigenvalue weighted by Crippen LogP contribution is -2.41. The van der Waals surface area contributed by atoms with Crippen LogP contribution in [0.4, 0.5) is 5.69 Å². The van der Waals surface area contributed by atoms with Gasteiger partial charge in [-0.2, -0.15) is 0 Å². The first-order valence-electron chi connectivity index (χ1n) is 11.8. The maximum absolute atomic E-state index is 12.4. The minimum Gasteiger partial charge on any atom is -0.391 e. The Balaban J connectivity index is 1.46. The Morgan fingerprint density at radius 1 is 1.18 bits per heavy atom. The van der Waals surface area contributed by atoms with Gasteiger partial charge in [-0.25, -0.2) is 9.97 Å². The number of carbonyl (C=O) groups is 1. The molecule has 9 heteroatoms. The Morgan fingerprint density at radius 2 is 2.00 bits per heavy atom. The highest BCUT2D eigenvalue weighted by atomic mass is 16.5. The second-order valence-electron chi connectivity index (χ2n) is 9.26. The van der Waals surface area contributed by atoms with Crippen molar-refractivity contribution < 1.29 is 14.6 Å². The second-order valence-corrected chi connectivity index (χ2v) is 9.26. The Hall–Kier alpha value is -3.43. The number of fused-ring (bicyclic) bond motifs is 3. The van der Waals surface area contributed by atoms with Gasteiger partial charge < -0.3 is 24.6 Å². The molecule has 2 aliphatic rings. The summed E-state index contributed by atoms with van der Waals surface area (Å²) in [6, 6.07) is 10.1. The fraction of sp³-hybridized carbons (Fsp3) is 0.400. The second kappa shape index (κ2) is 8.11. The van der Waals surface area contributed by atoms with Crippen molar-refractivity contribution in [3.63, 3.8) is 0 Å². The SMILES string of the molecule is CC(=O)N1C[C@H](O)C[C@@H]1c1nc(-c2ccc(N3CCO[C@H](C)C3)cc2)c2cnc3[nH]ccc3n12.